The Balaban J connectivity index is 2.15. The fraction of sp³-hybridized carbons (Fsp3) is 0.250. The molecule has 2 aromatic carbocycles. The third-order valence-corrected chi connectivity index (χ3v) is 3.12. The highest BCUT2D eigenvalue weighted by Crippen LogP contribution is 2.23. The Morgan fingerprint density at radius 3 is 2.60 bits per heavy atom. The predicted molar refractivity (Wildman–Crippen MR) is 76.4 cm³/mol. The van der Waals surface area contributed by atoms with E-state index in [0.29, 0.717) is 24.5 Å². The maximum atomic E-state index is 13.4. The second-order valence-electron chi connectivity index (χ2n) is 4.55. The largest absolute Gasteiger partial charge is 0.496 e. The molecule has 3 nitrogen and oxygen atoms in total. The van der Waals surface area contributed by atoms with Crippen LogP contribution in [0.4, 0.5) is 4.39 Å². The van der Waals surface area contributed by atoms with E-state index in [1.165, 1.54) is 6.07 Å². The quantitative estimate of drug-likeness (QED) is 0.911. The van der Waals surface area contributed by atoms with Gasteiger partial charge in [0.25, 0.3) is 0 Å². The Bertz CT molecular complexity index is 599. The second kappa shape index (κ2) is 6.39. The zero-order chi connectivity index (χ0) is 14.5. The molecule has 2 aromatic rings. The molecule has 0 aliphatic heterocycles. The highest BCUT2D eigenvalue weighted by molar-refractivity contribution is 5.37. The van der Waals surface area contributed by atoms with Gasteiger partial charge in [-0.3, -0.25) is 0 Å². The molecule has 106 valence electrons. The molecule has 4 heteroatoms. The topological polar surface area (TPSA) is 44.5 Å². The molecule has 0 aromatic heterocycles. The fourth-order valence-electron chi connectivity index (χ4n) is 1.90. The SMILES string of the molecule is COc1ccc(CN)cc1COc1ccc(C)c(F)c1. The van der Waals surface area contributed by atoms with Crippen molar-refractivity contribution in [3.63, 3.8) is 0 Å². The molecule has 0 aliphatic rings. The van der Waals surface area contributed by atoms with E-state index < -0.39 is 0 Å². The van der Waals surface area contributed by atoms with Crippen molar-refractivity contribution in [1.82, 2.24) is 0 Å². The molecular weight excluding hydrogens is 257 g/mol. The maximum Gasteiger partial charge on any atom is 0.129 e. The van der Waals surface area contributed by atoms with Crippen LogP contribution in [0.3, 0.4) is 0 Å². The third kappa shape index (κ3) is 3.27. The molecule has 0 amide bonds. The molecule has 0 saturated carbocycles. The number of ether oxygens (including phenoxy) is 2. The first-order chi connectivity index (χ1) is 9.63. The summed E-state index contributed by atoms with van der Waals surface area (Å²) in [6.45, 7) is 2.47. The molecule has 0 spiro atoms. The van der Waals surface area contributed by atoms with Gasteiger partial charge in [-0.05, 0) is 36.2 Å². The van der Waals surface area contributed by atoms with Crippen LogP contribution in [0.15, 0.2) is 36.4 Å². The van der Waals surface area contributed by atoms with Gasteiger partial charge in [0, 0.05) is 18.2 Å². The maximum absolute atomic E-state index is 13.4. The van der Waals surface area contributed by atoms with Crippen LogP contribution in [0.5, 0.6) is 11.5 Å². The molecular formula is C16H18FNO2. The van der Waals surface area contributed by atoms with Gasteiger partial charge in [-0.2, -0.15) is 0 Å². The van der Waals surface area contributed by atoms with Crippen LogP contribution in [-0.4, -0.2) is 7.11 Å². The third-order valence-electron chi connectivity index (χ3n) is 3.12. The van der Waals surface area contributed by atoms with E-state index in [0.717, 1.165) is 16.9 Å². The molecule has 0 unspecified atom stereocenters. The summed E-state index contributed by atoms with van der Waals surface area (Å²) in [5.74, 6) is 0.952. The molecule has 0 radical (unpaired) electrons. The van der Waals surface area contributed by atoms with Crippen molar-refractivity contribution in [2.45, 2.75) is 20.1 Å². The lowest BCUT2D eigenvalue weighted by Crippen LogP contribution is -2.02. The van der Waals surface area contributed by atoms with Gasteiger partial charge in [0.05, 0.1) is 7.11 Å². The van der Waals surface area contributed by atoms with Gasteiger partial charge in [-0.15, -0.1) is 0 Å². The van der Waals surface area contributed by atoms with Crippen molar-refractivity contribution in [2.24, 2.45) is 5.73 Å². The van der Waals surface area contributed by atoms with E-state index >= 15 is 0 Å². The number of hydrogen-bond acceptors (Lipinski definition) is 3. The monoisotopic (exact) mass is 275 g/mol. The van der Waals surface area contributed by atoms with Crippen LogP contribution in [0.2, 0.25) is 0 Å². The standard InChI is InChI=1S/C16H18FNO2/c1-11-3-5-14(8-15(11)17)20-10-13-7-12(9-18)4-6-16(13)19-2/h3-8H,9-10,18H2,1-2H3. The molecule has 0 heterocycles. The summed E-state index contributed by atoms with van der Waals surface area (Å²) >= 11 is 0. The fourth-order valence-corrected chi connectivity index (χ4v) is 1.90. The molecule has 0 fully saturated rings. The van der Waals surface area contributed by atoms with E-state index in [1.807, 2.05) is 18.2 Å². The van der Waals surface area contributed by atoms with Crippen molar-refractivity contribution in [3.05, 3.63) is 58.9 Å². The summed E-state index contributed by atoms with van der Waals surface area (Å²) in [4.78, 5) is 0. The normalized spacial score (nSPS) is 10.4. The molecule has 2 rings (SSSR count). The summed E-state index contributed by atoms with van der Waals surface area (Å²) in [5.41, 5.74) is 8.11. The van der Waals surface area contributed by atoms with Gasteiger partial charge in [0.1, 0.15) is 23.9 Å². The van der Waals surface area contributed by atoms with Gasteiger partial charge < -0.3 is 15.2 Å². The van der Waals surface area contributed by atoms with Gasteiger partial charge in [-0.25, -0.2) is 4.39 Å². The van der Waals surface area contributed by atoms with Crippen LogP contribution >= 0.6 is 0 Å². The first kappa shape index (κ1) is 14.3. The van der Waals surface area contributed by atoms with Crippen LogP contribution < -0.4 is 15.2 Å². The Morgan fingerprint density at radius 2 is 1.95 bits per heavy atom. The minimum absolute atomic E-state index is 0.273. The van der Waals surface area contributed by atoms with Crippen molar-refractivity contribution < 1.29 is 13.9 Å². The molecule has 2 N–H and O–H groups in total. The first-order valence-electron chi connectivity index (χ1n) is 6.39. The number of nitrogens with two attached hydrogens (primary N) is 1. The molecule has 20 heavy (non-hydrogen) atoms. The average molecular weight is 275 g/mol. The summed E-state index contributed by atoms with van der Waals surface area (Å²) < 4.78 is 24.3. The van der Waals surface area contributed by atoms with Crippen LogP contribution in [0, 0.1) is 12.7 Å². The zero-order valence-corrected chi connectivity index (χ0v) is 11.7. The Morgan fingerprint density at radius 1 is 1.15 bits per heavy atom. The van der Waals surface area contributed by atoms with Gasteiger partial charge in [0.2, 0.25) is 0 Å². The average Bonchev–Trinajstić information content (AvgIpc) is 2.48. The number of halogens is 1. The van der Waals surface area contributed by atoms with Crippen molar-refractivity contribution in [3.8, 4) is 11.5 Å². The van der Waals surface area contributed by atoms with E-state index in [2.05, 4.69) is 0 Å². The summed E-state index contributed by atoms with van der Waals surface area (Å²) in [6, 6.07) is 10.5. The van der Waals surface area contributed by atoms with Crippen LogP contribution in [0.25, 0.3) is 0 Å². The van der Waals surface area contributed by atoms with Crippen molar-refractivity contribution in [2.75, 3.05) is 7.11 Å². The van der Waals surface area contributed by atoms with Crippen molar-refractivity contribution in [1.29, 1.82) is 0 Å². The van der Waals surface area contributed by atoms with Gasteiger partial charge in [-0.1, -0.05) is 12.1 Å². The van der Waals surface area contributed by atoms with E-state index in [4.69, 9.17) is 15.2 Å². The lowest BCUT2D eigenvalue weighted by Gasteiger charge is -2.12. The van der Waals surface area contributed by atoms with Gasteiger partial charge in [0.15, 0.2) is 0 Å². The number of aryl methyl sites for hydroxylation is 1. The summed E-state index contributed by atoms with van der Waals surface area (Å²) in [7, 11) is 1.60. The van der Waals surface area contributed by atoms with Crippen molar-refractivity contribution >= 4 is 0 Å². The minimum Gasteiger partial charge on any atom is -0.496 e. The Hall–Kier alpha value is -2.07. The predicted octanol–water partition coefficient (Wildman–Crippen LogP) is 3.18. The first-order valence-corrected chi connectivity index (χ1v) is 6.39. The van der Waals surface area contributed by atoms with E-state index in [-0.39, 0.29) is 5.82 Å². The molecule has 0 bridgehead atoms. The Kier molecular flexibility index (Phi) is 4.58. The highest BCUT2D eigenvalue weighted by Gasteiger charge is 2.06. The number of rotatable bonds is 5. The Labute approximate surface area is 118 Å². The lowest BCUT2D eigenvalue weighted by atomic mass is 10.1. The van der Waals surface area contributed by atoms with E-state index in [1.54, 1.807) is 26.2 Å². The van der Waals surface area contributed by atoms with Gasteiger partial charge >= 0.3 is 0 Å². The number of benzene rings is 2. The van der Waals surface area contributed by atoms with Crippen LogP contribution in [-0.2, 0) is 13.2 Å². The molecule has 0 saturated heterocycles. The second-order valence-corrected chi connectivity index (χ2v) is 4.55. The molecule has 0 atom stereocenters. The number of methoxy groups -OCH3 is 1. The van der Waals surface area contributed by atoms with E-state index in [9.17, 15) is 4.39 Å². The smallest absolute Gasteiger partial charge is 0.129 e. The summed E-state index contributed by atoms with van der Waals surface area (Å²) in [5, 5.41) is 0. The summed E-state index contributed by atoms with van der Waals surface area (Å²) in [6.07, 6.45) is 0. The molecule has 0 aliphatic carbocycles. The minimum atomic E-state index is -0.273. The van der Waals surface area contributed by atoms with Crippen LogP contribution in [0.1, 0.15) is 16.7 Å². The number of hydrogen-bond donors (Lipinski definition) is 1. The highest BCUT2D eigenvalue weighted by atomic mass is 19.1. The zero-order valence-electron chi connectivity index (χ0n) is 11.7. The lowest BCUT2D eigenvalue weighted by molar-refractivity contribution is 0.295.